The number of nitrogens with two attached hydrogens (primary N) is 1. The highest BCUT2D eigenvalue weighted by Gasteiger charge is 2.04. The first-order chi connectivity index (χ1) is 7.63. The Morgan fingerprint density at radius 2 is 2.06 bits per heavy atom. The van der Waals surface area contributed by atoms with Crippen LogP contribution in [0.3, 0.4) is 0 Å². The molecule has 0 bridgehead atoms. The molecule has 5 heteroatoms. The Kier molecular flexibility index (Phi) is 4.47. The van der Waals surface area contributed by atoms with Crippen LogP contribution < -0.4 is 10.5 Å². The highest BCUT2D eigenvalue weighted by atomic mass is 16.5. The second-order valence-electron chi connectivity index (χ2n) is 3.15. The molecule has 0 radical (unpaired) electrons. The third-order valence-corrected chi connectivity index (χ3v) is 1.82. The summed E-state index contributed by atoms with van der Waals surface area (Å²) in [7, 11) is 1.44. The molecular weight excluding hydrogens is 210 g/mol. The molecule has 2 N–H and O–H groups in total. The van der Waals surface area contributed by atoms with Gasteiger partial charge in [-0.15, -0.1) is 0 Å². The second-order valence-corrected chi connectivity index (χ2v) is 3.15. The summed E-state index contributed by atoms with van der Waals surface area (Å²) in [6.07, 6.45) is 0. The Balaban J connectivity index is 2.57. The summed E-state index contributed by atoms with van der Waals surface area (Å²) in [5, 5.41) is 0. The van der Waals surface area contributed by atoms with Crippen molar-refractivity contribution in [2.45, 2.75) is 0 Å². The van der Waals surface area contributed by atoms with E-state index in [2.05, 4.69) is 4.74 Å². The van der Waals surface area contributed by atoms with Crippen LogP contribution in [0.2, 0.25) is 0 Å². The summed E-state index contributed by atoms with van der Waals surface area (Å²) >= 11 is 0. The maximum absolute atomic E-state index is 11.1. The second kappa shape index (κ2) is 5.87. The number of primary amides is 1. The number of methoxy groups -OCH3 is 1. The highest BCUT2D eigenvalue weighted by molar-refractivity contribution is 5.93. The van der Waals surface area contributed by atoms with Crippen LogP contribution >= 0.6 is 0 Å². The molecule has 16 heavy (non-hydrogen) atoms. The van der Waals surface area contributed by atoms with Crippen LogP contribution in [0.1, 0.15) is 10.4 Å². The zero-order chi connectivity index (χ0) is 12.0. The fourth-order valence-electron chi connectivity index (χ4n) is 1.11. The number of ether oxygens (including phenoxy) is 2. The topological polar surface area (TPSA) is 78.6 Å². The van der Waals surface area contributed by atoms with Crippen molar-refractivity contribution < 1.29 is 19.1 Å². The molecule has 0 heterocycles. The minimum Gasteiger partial charge on any atom is -0.486 e. The minimum atomic E-state index is -0.534. The Hall–Kier alpha value is -1.88. The number of hydrogen-bond acceptors (Lipinski definition) is 4. The van der Waals surface area contributed by atoms with Gasteiger partial charge in [0.15, 0.2) is 5.78 Å². The SMILES string of the molecule is COCC(=O)COc1cccc(C(N)=O)c1. The van der Waals surface area contributed by atoms with Crippen LogP contribution in [0.25, 0.3) is 0 Å². The molecule has 0 atom stereocenters. The zero-order valence-corrected chi connectivity index (χ0v) is 8.93. The molecular formula is C11H13NO4. The Labute approximate surface area is 93.1 Å². The van der Waals surface area contributed by atoms with Crippen molar-refractivity contribution in [3.05, 3.63) is 29.8 Å². The number of rotatable bonds is 6. The molecule has 0 saturated carbocycles. The maximum atomic E-state index is 11.1. The maximum Gasteiger partial charge on any atom is 0.248 e. The minimum absolute atomic E-state index is 0.00943. The first-order valence-corrected chi connectivity index (χ1v) is 4.67. The van der Waals surface area contributed by atoms with Gasteiger partial charge in [-0.2, -0.15) is 0 Å². The summed E-state index contributed by atoms with van der Waals surface area (Å²) in [6.45, 7) is -0.0778. The number of carbonyl (C=O) groups is 2. The van der Waals surface area contributed by atoms with Crippen LogP contribution in [0, 0.1) is 0 Å². The average Bonchev–Trinajstić information content (AvgIpc) is 2.27. The van der Waals surface area contributed by atoms with Crippen LogP contribution in [0.5, 0.6) is 5.75 Å². The van der Waals surface area contributed by atoms with Crippen molar-refractivity contribution in [1.82, 2.24) is 0 Å². The lowest BCUT2D eigenvalue weighted by Crippen LogP contribution is -2.16. The van der Waals surface area contributed by atoms with Crippen molar-refractivity contribution >= 4 is 11.7 Å². The van der Waals surface area contributed by atoms with E-state index in [0.29, 0.717) is 11.3 Å². The fraction of sp³-hybridized carbons (Fsp3) is 0.273. The number of Topliss-reactive ketones (excluding diaryl/α,β-unsaturated/α-hetero) is 1. The predicted molar refractivity (Wildman–Crippen MR) is 57.3 cm³/mol. The molecule has 0 aliphatic carbocycles. The van der Waals surface area contributed by atoms with Gasteiger partial charge in [0, 0.05) is 12.7 Å². The van der Waals surface area contributed by atoms with E-state index >= 15 is 0 Å². The molecule has 1 aromatic carbocycles. The Morgan fingerprint density at radius 3 is 2.69 bits per heavy atom. The molecule has 1 amide bonds. The molecule has 5 nitrogen and oxygen atoms in total. The lowest BCUT2D eigenvalue weighted by atomic mass is 10.2. The van der Waals surface area contributed by atoms with Gasteiger partial charge in [-0.05, 0) is 18.2 Å². The van der Waals surface area contributed by atoms with Crippen LogP contribution in [-0.4, -0.2) is 32.0 Å². The summed E-state index contributed by atoms with van der Waals surface area (Å²) in [5.74, 6) is -0.276. The quantitative estimate of drug-likeness (QED) is 0.756. The van der Waals surface area contributed by atoms with E-state index in [1.165, 1.54) is 13.2 Å². The fourth-order valence-corrected chi connectivity index (χ4v) is 1.11. The normalized spacial score (nSPS) is 9.81. The third-order valence-electron chi connectivity index (χ3n) is 1.82. The van der Waals surface area contributed by atoms with Gasteiger partial charge in [0.05, 0.1) is 0 Å². The molecule has 0 aromatic heterocycles. The van der Waals surface area contributed by atoms with E-state index < -0.39 is 5.91 Å². The molecule has 1 aromatic rings. The number of carbonyl (C=O) groups excluding carboxylic acids is 2. The molecule has 0 spiro atoms. The first-order valence-electron chi connectivity index (χ1n) is 4.67. The predicted octanol–water partition coefficient (Wildman–Crippen LogP) is 0.380. The van der Waals surface area contributed by atoms with Crippen molar-refractivity contribution in [1.29, 1.82) is 0 Å². The number of benzene rings is 1. The van der Waals surface area contributed by atoms with Crippen LogP contribution in [-0.2, 0) is 9.53 Å². The summed E-state index contributed by atoms with van der Waals surface area (Å²) in [5.41, 5.74) is 5.45. The largest absolute Gasteiger partial charge is 0.486 e. The number of hydrogen-bond donors (Lipinski definition) is 1. The van der Waals surface area contributed by atoms with Gasteiger partial charge in [-0.25, -0.2) is 0 Å². The van der Waals surface area contributed by atoms with Crippen molar-refractivity contribution in [2.24, 2.45) is 5.73 Å². The molecule has 0 saturated heterocycles. The van der Waals surface area contributed by atoms with Gasteiger partial charge in [0.2, 0.25) is 5.91 Å². The van der Waals surface area contributed by atoms with Crippen LogP contribution in [0.4, 0.5) is 0 Å². The van der Waals surface area contributed by atoms with Gasteiger partial charge in [0.1, 0.15) is 19.0 Å². The lowest BCUT2D eigenvalue weighted by molar-refractivity contribution is -0.124. The van der Waals surface area contributed by atoms with Crippen molar-refractivity contribution in [3.8, 4) is 5.75 Å². The number of amides is 1. The molecule has 0 aliphatic heterocycles. The van der Waals surface area contributed by atoms with E-state index in [1.54, 1.807) is 18.2 Å². The van der Waals surface area contributed by atoms with Crippen molar-refractivity contribution in [2.75, 3.05) is 20.3 Å². The zero-order valence-electron chi connectivity index (χ0n) is 8.93. The molecule has 1 rings (SSSR count). The third kappa shape index (κ3) is 3.70. The van der Waals surface area contributed by atoms with E-state index in [1.807, 2.05) is 0 Å². The summed E-state index contributed by atoms with van der Waals surface area (Å²) < 4.78 is 9.82. The lowest BCUT2D eigenvalue weighted by Gasteiger charge is -2.05. The van der Waals surface area contributed by atoms with E-state index in [9.17, 15) is 9.59 Å². The molecule has 86 valence electrons. The molecule has 0 unspecified atom stereocenters. The molecule has 0 aliphatic rings. The monoisotopic (exact) mass is 223 g/mol. The van der Waals surface area contributed by atoms with E-state index in [-0.39, 0.29) is 19.0 Å². The standard InChI is InChI=1S/C11H13NO4/c1-15-6-9(13)7-16-10-4-2-3-8(5-10)11(12)14/h2-5H,6-7H2,1H3,(H2,12,14). The van der Waals surface area contributed by atoms with Gasteiger partial charge < -0.3 is 15.2 Å². The van der Waals surface area contributed by atoms with Gasteiger partial charge in [0.25, 0.3) is 0 Å². The van der Waals surface area contributed by atoms with E-state index in [4.69, 9.17) is 10.5 Å². The Bertz CT molecular complexity index is 389. The molecule has 0 fully saturated rings. The van der Waals surface area contributed by atoms with Crippen molar-refractivity contribution in [3.63, 3.8) is 0 Å². The van der Waals surface area contributed by atoms with E-state index in [0.717, 1.165) is 0 Å². The van der Waals surface area contributed by atoms with Gasteiger partial charge in [-0.3, -0.25) is 9.59 Å². The summed E-state index contributed by atoms with van der Waals surface area (Å²) in [6, 6.07) is 6.34. The Morgan fingerprint density at radius 1 is 1.31 bits per heavy atom. The highest BCUT2D eigenvalue weighted by Crippen LogP contribution is 2.12. The van der Waals surface area contributed by atoms with Crippen LogP contribution in [0.15, 0.2) is 24.3 Å². The average molecular weight is 223 g/mol. The van der Waals surface area contributed by atoms with Gasteiger partial charge in [-0.1, -0.05) is 6.07 Å². The first kappa shape index (κ1) is 12.2. The van der Waals surface area contributed by atoms with Gasteiger partial charge >= 0.3 is 0 Å². The number of ketones is 1. The summed E-state index contributed by atoms with van der Waals surface area (Å²) in [4.78, 5) is 22.0. The smallest absolute Gasteiger partial charge is 0.248 e.